The largest absolute Gasteiger partial charge is 0.495 e. The van der Waals surface area contributed by atoms with E-state index >= 15 is 0 Å². The number of hydrogen-bond acceptors (Lipinski definition) is 6. The van der Waals surface area contributed by atoms with Crippen molar-refractivity contribution in [3.63, 3.8) is 0 Å². The Kier molecular flexibility index (Phi) is 6.24. The fourth-order valence-corrected chi connectivity index (χ4v) is 3.79. The van der Waals surface area contributed by atoms with Gasteiger partial charge in [-0.1, -0.05) is 18.2 Å². The molecule has 1 saturated heterocycles. The third-order valence-electron chi connectivity index (χ3n) is 5.55. The molecule has 1 aliphatic heterocycles. The summed E-state index contributed by atoms with van der Waals surface area (Å²) in [6.45, 7) is 4.74. The zero-order chi connectivity index (χ0) is 22.0. The minimum atomic E-state index is -1.12. The van der Waals surface area contributed by atoms with Crippen molar-refractivity contribution in [2.45, 2.75) is 45.8 Å². The number of fused-ring (bicyclic) bond motifs is 1. The molecule has 0 spiro atoms. The van der Waals surface area contributed by atoms with Gasteiger partial charge < -0.3 is 14.8 Å². The van der Waals surface area contributed by atoms with E-state index in [1.807, 2.05) is 25.1 Å². The van der Waals surface area contributed by atoms with Gasteiger partial charge in [0.1, 0.15) is 11.8 Å². The number of carbonyl (C=O) groups excluding carboxylic acids is 4. The molecule has 3 rings (SSSR count). The van der Waals surface area contributed by atoms with Gasteiger partial charge in [0.25, 0.3) is 5.91 Å². The number of methoxy groups -OCH3 is 1. The van der Waals surface area contributed by atoms with Crippen molar-refractivity contribution < 1.29 is 28.7 Å². The van der Waals surface area contributed by atoms with Crippen LogP contribution >= 0.6 is 0 Å². The van der Waals surface area contributed by atoms with Crippen LogP contribution in [0.2, 0.25) is 0 Å². The molecule has 160 valence electrons. The third kappa shape index (κ3) is 4.08. The lowest BCUT2D eigenvalue weighted by molar-refractivity contribution is -0.163. The number of rotatable bonds is 6. The molecule has 2 aliphatic rings. The summed E-state index contributed by atoms with van der Waals surface area (Å²) in [6.07, 6.45) is 3.62. The maximum atomic E-state index is 12.6. The summed E-state index contributed by atoms with van der Waals surface area (Å²) < 4.78 is 10.5. The monoisotopic (exact) mass is 414 g/mol. The Balaban J connectivity index is 1.64. The van der Waals surface area contributed by atoms with Crippen LogP contribution in [-0.4, -0.2) is 47.8 Å². The van der Waals surface area contributed by atoms with Crippen molar-refractivity contribution in [3.8, 4) is 5.75 Å². The van der Waals surface area contributed by atoms with Crippen LogP contribution in [-0.2, 0) is 23.9 Å². The molecule has 0 bridgehead atoms. The molecule has 8 nitrogen and oxygen atoms in total. The second-order valence-electron chi connectivity index (χ2n) is 7.65. The number of esters is 1. The topological polar surface area (TPSA) is 102 Å². The van der Waals surface area contributed by atoms with E-state index in [0.29, 0.717) is 24.3 Å². The number of nitrogens with zero attached hydrogens (tertiary/aromatic N) is 1. The zero-order valence-electron chi connectivity index (χ0n) is 17.5. The second-order valence-corrected chi connectivity index (χ2v) is 7.65. The van der Waals surface area contributed by atoms with Crippen LogP contribution in [0.5, 0.6) is 5.75 Å². The summed E-state index contributed by atoms with van der Waals surface area (Å²) >= 11 is 0. The van der Waals surface area contributed by atoms with Gasteiger partial charge >= 0.3 is 5.97 Å². The Bertz CT molecular complexity index is 883. The first kappa shape index (κ1) is 21.5. The first-order chi connectivity index (χ1) is 14.2. The van der Waals surface area contributed by atoms with Gasteiger partial charge in [-0.15, -0.1) is 0 Å². The predicted octanol–water partition coefficient (Wildman–Crippen LogP) is 2.21. The number of aryl methyl sites for hydroxylation is 1. The lowest BCUT2D eigenvalue weighted by Gasteiger charge is -2.23. The summed E-state index contributed by atoms with van der Waals surface area (Å²) in [5, 5.41) is 2.68. The number of anilines is 1. The maximum absolute atomic E-state index is 12.6. The molecule has 1 aromatic carbocycles. The van der Waals surface area contributed by atoms with Gasteiger partial charge in [0.15, 0.2) is 6.10 Å². The second kappa shape index (κ2) is 8.69. The Morgan fingerprint density at radius 1 is 1.10 bits per heavy atom. The van der Waals surface area contributed by atoms with Crippen LogP contribution in [0.4, 0.5) is 5.69 Å². The van der Waals surface area contributed by atoms with Crippen LogP contribution in [0.25, 0.3) is 0 Å². The molecule has 0 aromatic heterocycles. The average Bonchev–Trinajstić information content (AvgIpc) is 2.98. The molecule has 0 radical (unpaired) electrons. The van der Waals surface area contributed by atoms with E-state index in [1.165, 1.54) is 21.0 Å². The zero-order valence-corrected chi connectivity index (χ0v) is 17.5. The highest BCUT2D eigenvalue weighted by Gasteiger charge is 2.50. The Morgan fingerprint density at radius 2 is 1.70 bits per heavy atom. The quantitative estimate of drug-likeness (QED) is 0.435. The number of allylic oxidation sites excluding steroid dienone is 2. The summed E-state index contributed by atoms with van der Waals surface area (Å²) in [5.74, 6) is -2.44. The van der Waals surface area contributed by atoms with E-state index in [4.69, 9.17) is 9.47 Å². The Hall–Kier alpha value is -3.16. The maximum Gasteiger partial charge on any atom is 0.329 e. The molecule has 30 heavy (non-hydrogen) atoms. The first-order valence-corrected chi connectivity index (χ1v) is 9.92. The number of hydrogen-bond donors (Lipinski definition) is 1. The van der Waals surface area contributed by atoms with Gasteiger partial charge in [-0.25, -0.2) is 4.79 Å². The molecule has 4 atom stereocenters. The lowest BCUT2D eigenvalue weighted by atomic mass is 9.85. The molecule has 3 amide bonds. The van der Waals surface area contributed by atoms with Crippen LogP contribution < -0.4 is 10.1 Å². The lowest BCUT2D eigenvalue weighted by Crippen LogP contribution is -2.46. The summed E-state index contributed by atoms with van der Waals surface area (Å²) in [5.41, 5.74) is 1.38. The van der Waals surface area contributed by atoms with Gasteiger partial charge in [0, 0.05) is 0 Å². The smallest absolute Gasteiger partial charge is 0.329 e. The van der Waals surface area contributed by atoms with E-state index in [9.17, 15) is 19.2 Å². The van der Waals surface area contributed by atoms with E-state index in [1.54, 1.807) is 12.1 Å². The van der Waals surface area contributed by atoms with Crippen LogP contribution in [0.3, 0.4) is 0 Å². The number of carbonyl (C=O) groups is 4. The van der Waals surface area contributed by atoms with E-state index in [0.717, 1.165) is 10.5 Å². The number of likely N-dealkylation sites (tertiary alicyclic amines) is 1. The normalized spacial score (nSPS) is 22.3. The van der Waals surface area contributed by atoms with Gasteiger partial charge in [-0.05, 0) is 51.3 Å². The fraction of sp³-hybridized carbons (Fsp3) is 0.455. The molecule has 1 heterocycles. The molecular weight excluding hydrogens is 388 g/mol. The summed E-state index contributed by atoms with van der Waals surface area (Å²) in [7, 11) is 1.49. The Labute approximate surface area is 175 Å². The standard InChI is InChI=1S/C22H26N2O6/c1-12-9-10-18(29-4)17(11-12)23-19(25)14(3)30-22(28)13(2)24-20(26)15-7-5-6-8-16(15)21(24)27/h5-6,9-11,13-16H,7-8H2,1-4H3,(H,23,25)/t13-,14-,15-,16+/m0/s1. The molecule has 1 fully saturated rings. The highest BCUT2D eigenvalue weighted by atomic mass is 16.5. The van der Waals surface area contributed by atoms with Crippen molar-refractivity contribution in [2.24, 2.45) is 11.8 Å². The van der Waals surface area contributed by atoms with Crippen molar-refractivity contribution >= 4 is 29.4 Å². The highest BCUT2D eigenvalue weighted by molar-refractivity contribution is 6.08. The minimum Gasteiger partial charge on any atom is -0.495 e. The number of ether oxygens (including phenoxy) is 2. The molecular formula is C22H26N2O6. The van der Waals surface area contributed by atoms with E-state index in [-0.39, 0.29) is 11.8 Å². The number of imide groups is 1. The SMILES string of the molecule is COc1ccc(C)cc1NC(=O)[C@H](C)OC(=O)[C@H](C)N1C(=O)[C@H]2CC=CC[C@H]2C1=O. The van der Waals surface area contributed by atoms with Gasteiger partial charge in [0.2, 0.25) is 11.8 Å². The number of amides is 3. The highest BCUT2D eigenvalue weighted by Crippen LogP contribution is 2.36. The molecule has 1 aliphatic carbocycles. The summed E-state index contributed by atoms with van der Waals surface area (Å²) in [6, 6.07) is 4.21. The van der Waals surface area contributed by atoms with Gasteiger partial charge in [-0.3, -0.25) is 19.3 Å². The number of nitrogens with one attached hydrogen (secondary N) is 1. The fourth-order valence-electron chi connectivity index (χ4n) is 3.79. The molecule has 8 heteroatoms. The third-order valence-corrected chi connectivity index (χ3v) is 5.55. The van der Waals surface area contributed by atoms with Crippen LogP contribution in [0, 0.1) is 18.8 Å². The van der Waals surface area contributed by atoms with Crippen molar-refractivity contribution in [1.82, 2.24) is 4.90 Å². The molecule has 0 saturated carbocycles. The molecule has 1 N–H and O–H groups in total. The first-order valence-electron chi connectivity index (χ1n) is 9.92. The van der Waals surface area contributed by atoms with Crippen molar-refractivity contribution in [2.75, 3.05) is 12.4 Å². The summed E-state index contributed by atoms with van der Waals surface area (Å²) in [4.78, 5) is 51.3. The predicted molar refractivity (Wildman–Crippen MR) is 109 cm³/mol. The van der Waals surface area contributed by atoms with Crippen LogP contribution in [0.15, 0.2) is 30.4 Å². The van der Waals surface area contributed by atoms with Crippen molar-refractivity contribution in [1.29, 1.82) is 0 Å². The molecule has 0 unspecified atom stereocenters. The van der Waals surface area contributed by atoms with E-state index in [2.05, 4.69) is 5.32 Å². The Morgan fingerprint density at radius 3 is 2.27 bits per heavy atom. The number of benzene rings is 1. The average molecular weight is 414 g/mol. The van der Waals surface area contributed by atoms with E-state index < -0.39 is 35.9 Å². The van der Waals surface area contributed by atoms with Crippen molar-refractivity contribution in [3.05, 3.63) is 35.9 Å². The van der Waals surface area contributed by atoms with Gasteiger partial charge in [-0.2, -0.15) is 0 Å². The molecule has 1 aromatic rings. The van der Waals surface area contributed by atoms with Gasteiger partial charge in [0.05, 0.1) is 24.6 Å². The van der Waals surface area contributed by atoms with Crippen LogP contribution in [0.1, 0.15) is 32.3 Å². The minimum absolute atomic E-state index is 0.361.